The van der Waals surface area contributed by atoms with Gasteiger partial charge in [0.05, 0.1) is 22.4 Å². The monoisotopic (exact) mass is 417 g/mol. The first kappa shape index (κ1) is 22.2. The molecule has 1 fully saturated rings. The third-order valence-corrected chi connectivity index (χ3v) is 4.88. The zero-order valence-corrected chi connectivity index (χ0v) is 16.8. The largest absolute Gasteiger partial charge is 0.593 e. The summed E-state index contributed by atoms with van der Waals surface area (Å²) < 4.78 is 36.9. The number of nitrogens with two attached hydrogens (primary N) is 1. The van der Waals surface area contributed by atoms with Crippen LogP contribution in [0.1, 0.15) is 33.6 Å². The van der Waals surface area contributed by atoms with Gasteiger partial charge in [0.15, 0.2) is 10.6 Å². The molecule has 9 nitrogen and oxygen atoms in total. The number of carbonyl (C=O) groups is 1. The fourth-order valence-electron chi connectivity index (χ4n) is 2.66. The summed E-state index contributed by atoms with van der Waals surface area (Å²) in [6.07, 6.45) is -0.466. The van der Waals surface area contributed by atoms with Crippen molar-refractivity contribution in [3.63, 3.8) is 0 Å². The minimum Gasteiger partial charge on any atom is -0.593 e. The topological polar surface area (TPSA) is 131 Å². The van der Waals surface area contributed by atoms with Crippen LogP contribution in [-0.2, 0) is 16.1 Å². The highest BCUT2D eigenvalue weighted by Gasteiger charge is 2.38. The van der Waals surface area contributed by atoms with E-state index in [-0.39, 0.29) is 36.6 Å². The number of halogens is 1. The number of hydrogen-bond donors (Lipinski definition) is 1. The highest BCUT2D eigenvalue weighted by molar-refractivity contribution is 7.89. The Kier molecular flexibility index (Phi) is 6.73. The highest BCUT2D eigenvalue weighted by atomic mass is 32.2. The molecule has 1 saturated heterocycles. The molecule has 1 aromatic carbocycles. The van der Waals surface area contributed by atoms with E-state index in [0.29, 0.717) is 0 Å². The normalized spacial score (nSPS) is 17.7. The second-order valence-electron chi connectivity index (χ2n) is 7.59. The molecule has 0 bridgehead atoms. The number of benzene rings is 1. The van der Waals surface area contributed by atoms with Gasteiger partial charge in [0, 0.05) is 25.9 Å². The lowest BCUT2D eigenvalue weighted by molar-refractivity contribution is -0.386. The Hall–Kier alpha value is -2.11. The molecule has 0 aliphatic carbocycles. The lowest BCUT2D eigenvalue weighted by Gasteiger charge is -2.36. The number of hydrogen-bond acceptors (Lipinski definition) is 7. The predicted octanol–water partition coefficient (Wildman–Crippen LogP) is 2.69. The van der Waals surface area contributed by atoms with Crippen LogP contribution in [0.3, 0.4) is 0 Å². The summed E-state index contributed by atoms with van der Waals surface area (Å²) in [6.45, 7) is 5.16. The number of piperidine rings is 1. The van der Waals surface area contributed by atoms with Gasteiger partial charge in [0.1, 0.15) is 17.9 Å². The first-order chi connectivity index (χ1) is 12.9. The standard InChI is InChI=1S/C17H24FN3O6S/c1-16(2,3)27-15(22)20-8-6-17(18,7-9-20)11-26-14-5-4-12(28(19)25)10-13(14)21(23)24/h4-5,10H,6-9,11,19H2,1-3H3. The Bertz CT molecular complexity index is 732. The lowest BCUT2D eigenvalue weighted by Crippen LogP contribution is -2.48. The van der Waals surface area contributed by atoms with Crippen LogP contribution >= 0.6 is 0 Å². The Morgan fingerprint density at radius 3 is 2.50 bits per heavy atom. The number of nitro groups is 1. The van der Waals surface area contributed by atoms with Gasteiger partial charge in [-0.05, 0) is 32.9 Å². The number of ether oxygens (including phenoxy) is 2. The van der Waals surface area contributed by atoms with E-state index in [1.54, 1.807) is 20.8 Å². The quantitative estimate of drug-likeness (QED) is 0.443. The van der Waals surface area contributed by atoms with Crippen molar-refractivity contribution in [2.75, 3.05) is 19.7 Å². The molecule has 0 saturated carbocycles. The summed E-state index contributed by atoms with van der Waals surface area (Å²) in [5.41, 5.74) is -2.81. The number of alkyl halides is 1. The predicted molar refractivity (Wildman–Crippen MR) is 100 cm³/mol. The minimum atomic E-state index is -1.88. The minimum absolute atomic E-state index is 0.0188. The summed E-state index contributed by atoms with van der Waals surface area (Å²) in [7, 11) is 0. The zero-order valence-electron chi connectivity index (χ0n) is 16.0. The molecule has 0 aromatic heterocycles. The zero-order chi connectivity index (χ0) is 21.1. The average molecular weight is 417 g/mol. The van der Waals surface area contributed by atoms with Crippen molar-refractivity contribution in [2.24, 2.45) is 5.14 Å². The van der Waals surface area contributed by atoms with Crippen molar-refractivity contribution < 1.29 is 28.1 Å². The van der Waals surface area contributed by atoms with Gasteiger partial charge in [-0.2, -0.15) is 0 Å². The summed E-state index contributed by atoms with van der Waals surface area (Å²) >= 11 is -1.88. The number of nitrogens with zero attached hydrogens (tertiary/aromatic N) is 2. The maximum Gasteiger partial charge on any atom is 0.410 e. The first-order valence-corrected chi connectivity index (χ1v) is 9.86. The maximum absolute atomic E-state index is 15.0. The van der Waals surface area contributed by atoms with Crippen molar-refractivity contribution >= 4 is 23.1 Å². The van der Waals surface area contributed by atoms with Crippen LogP contribution in [-0.4, -0.2) is 51.4 Å². The highest BCUT2D eigenvalue weighted by Crippen LogP contribution is 2.33. The Balaban J connectivity index is 1.98. The van der Waals surface area contributed by atoms with Crippen LogP contribution in [0.2, 0.25) is 0 Å². The molecular formula is C17H24FN3O6S. The summed E-state index contributed by atoms with van der Waals surface area (Å²) in [5.74, 6) is -0.134. The van der Waals surface area contributed by atoms with Crippen LogP contribution in [0, 0.1) is 10.1 Å². The molecule has 1 atom stereocenters. The summed E-state index contributed by atoms with van der Waals surface area (Å²) in [5, 5.41) is 16.4. The van der Waals surface area contributed by atoms with Crippen molar-refractivity contribution in [3.05, 3.63) is 28.3 Å². The number of carbonyl (C=O) groups excluding carboxylic acids is 1. The number of rotatable bonds is 5. The molecule has 1 amide bonds. The van der Waals surface area contributed by atoms with Crippen LogP contribution in [0.4, 0.5) is 14.9 Å². The molecule has 28 heavy (non-hydrogen) atoms. The van der Waals surface area contributed by atoms with Gasteiger partial charge >= 0.3 is 11.8 Å². The van der Waals surface area contributed by atoms with E-state index >= 15 is 4.39 Å². The molecule has 0 radical (unpaired) electrons. The lowest BCUT2D eigenvalue weighted by atomic mass is 9.94. The fourth-order valence-corrected chi connectivity index (χ4v) is 3.08. The van der Waals surface area contributed by atoms with Gasteiger partial charge in [-0.25, -0.2) is 9.18 Å². The Morgan fingerprint density at radius 2 is 2.00 bits per heavy atom. The second kappa shape index (κ2) is 8.50. The van der Waals surface area contributed by atoms with E-state index in [1.165, 1.54) is 17.0 Å². The van der Waals surface area contributed by atoms with E-state index in [0.717, 1.165) is 6.07 Å². The Morgan fingerprint density at radius 1 is 1.39 bits per heavy atom. The van der Waals surface area contributed by atoms with E-state index in [2.05, 4.69) is 0 Å². The molecule has 1 unspecified atom stereocenters. The van der Waals surface area contributed by atoms with E-state index < -0.39 is 45.9 Å². The van der Waals surface area contributed by atoms with Crippen molar-refractivity contribution in [1.82, 2.24) is 4.90 Å². The molecule has 2 N–H and O–H groups in total. The van der Waals surface area contributed by atoms with Gasteiger partial charge in [-0.1, -0.05) is 0 Å². The van der Waals surface area contributed by atoms with E-state index in [4.69, 9.17) is 14.6 Å². The fraction of sp³-hybridized carbons (Fsp3) is 0.588. The SMILES string of the molecule is CC(C)(C)OC(=O)N1CCC(F)(COc2ccc([S+](N)[O-])cc2[N+](=O)[O-])CC1. The molecular weight excluding hydrogens is 393 g/mol. The number of likely N-dealkylation sites (tertiary alicyclic amines) is 1. The second-order valence-corrected chi connectivity index (χ2v) is 8.66. The molecule has 1 heterocycles. The third kappa shape index (κ3) is 5.94. The van der Waals surface area contributed by atoms with Gasteiger partial charge < -0.3 is 18.9 Å². The van der Waals surface area contributed by atoms with Crippen molar-refractivity contribution in [2.45, 2.75) is 49.8 Å². The molecule has 156 valence electrons. The van der Waals surface area contributed by atoms with Gasteiger partial charge in [-0.3, -0.25) is 10.1 Å². The number of nitro benzene ring substituents is 1. The molecule has 1 aliphatic heterocycles. The van der Waals surface area contributed by atoms with E-state index in [1.807, 2.05) is 0 Å². The van der Waals surface area contributed by atoms with Crippen LogP contribution in [0.5, 0.6) is 5.75 Å². The van der Waals surface area contributed by atoms with Crippen LogP contribution in [0.15, 0.2) is 23.1 Å². The van der Waals surface area contributed by atoms with Gasteiger partial charge in [-0.15, -0.1) is 5.14 Å². The van der Waals surface area contributed by atoms with Crippen molar-refractivity contribution in [1.29, 1.82) is 0 Å². The first-order valence-electron chi connectivity index (χ1n) is 8.64. The molecule has 1 aromatic rings. The van der Waals surface area contributed by atoms with Crippen LogP contribution < -0.4 is 9.88 Å². The van der Waals surface area contributed by atoms with Crippen LogP contribution in [0.25, 0.3) is 0 Å². The summed E-state index contributed by atoms with van der Waals surface area (Å²) in [6, 6.07) is 3.62. The third-order valence-electron chi connectivity index (χ3n) is 4.16. The van der Waals surface area contributed by atoms with Gasteiger partial charge in [0.2, 0.25) is 0 Å². The van der Waals surface area contributed by atoms with E-state index in [9.17, 15) is 19.5 Å². The molecule has 0 spiro atoms. The van der Waals surface area contributed by atoms with Crippen molar-refractivity contribution in [3.8, 4) is 5.75 Å². The molecule has 11 heteroatoms. The maximum atomic E-state index is 15.0. The number of amides is 1. The van der Waals surface area contributed by atoms with Gasteiger partial charge in [0.25, 0.3) is 0 Å². The summed E-state index contributed by atoms with van der Waals surface area (Å²) in [4.78, 5) is 24.0. The average Bonchev–Trinajstić information content (AvgIpc) is 2.58. The molecule has 1 aliphatic rings. The molecule has 2 rings (SSSR count). The smallest absolute Gasteiger partial charge is 0.410 e. The Labute approximate surface area is 165 Å².